The van der Waals surface area contributed by atoms with Gasteiger partial charge in [0.05, 0.1) is 5.92 Å². The molecule has 1 unspecified atom stereocenters. The molecule has 1 aromatic carbocycles. The Kier molecular flexibility index (Phi) is 7.04. The van der Waals surface area contributed by atoms with Crippen LogP contribution in [0.1, 0.15) is 32.3 Å². The summed E-state index contributed by atoms with van der Waals surface area (Å²) in [5, 5.41) is 0. The van der Waals surface area contributed by atoms with Gasteiger partial charge in [0.1, 0.15) is 0 Å². The molecular weight excluding hydrogens is 314 g/mol. The smallest absolute Gasteiger partial charge is 0.314 e. The molecule has 1 aliphatic rings. The molecule has 1 fully saturated rings. The fourth-order valence-electron chi connectivity index (χ4n) is 3.21. The lowest BCUT2D eigenvalue weighted by Crippen LogP contribution is -2.49. The van der Waals surface area contributed by atoms with Crippen LogP contribution in [0.2, 0.25) is 0 Å². The van der Waals surface area contributed by atoms with Crippen molar-refractivity contribution in [3.05, 3.63) is 42.0 Å². The van der Waals surface area contributed by atoms with Crippen LogP contribution in [0.5, 0.6) is 0 Å². The first-order chi connectivity index (χ1) is 12.0. The third-order valence-electron chi connectivity index (χ3n) is 4.42. The van der Waals surface area contributed by atoms with Crippen LogP contribution in [0.25, 0.3) is 6.08 Å². The highest BCUT2D eigenvalue weighted by Crippen LogP contribution is 2.19. The van der Waals surface area contributed by atoms with E-state index >= 15 is 0 Å². The SMILES string of the molecule is CC(C)CN(C/C=C/c1ccccc1)C(=O)C1CCCN(C(N)=O)C1. The van der Waals surface area contributed by atoms with Crippen LogP contribution in [0.4, 0.5) is 4.79 Å². The number of primary amides is 1. The highest BCUT2D eigenvalue weighted by Gasteiger charge is 2.30. The van der Waals surface area contributed by atoms with E-state index in [1.54, 1.807) is 4.90 Å². The van der Waals surface area contributed by atoms with E-state index in [1.165, 1.54) is 0 Å². The number of urea groups is 1. The van der Waals surface area contributed by atoms with Gasteiger partial charge < -0.3 is 15.5 Å². The van der Waals surface area contributed by atoms with E-state index in [0.29, 0.717) is 32.1 Å². The maximum absolute atomic E-state index is 13.0. The van der Waals surface area contributed by atoms with Crippen molar-refractivity contribution in [3.8, 4) is 0 Å². The zero-order valence-electron chi connectivity index (χ0n) is 15.2. The minimum atomic E-state index is -0.433. The van der Waals surface area contributed by atoms with E-state index < -0.39 is 6.03 Å². The first-order valence-electron chi connectivity index (χ1n) is 9.02. The second kappa shape index (κ2) is 9.25. The number of piperidine rings is 1. The molecule has 0 aliphatic carbocycles. The molecular formula is C20H29N3O2. The summed E-state index contributed by atoms with van der Waals surface area (Å²) in [5.41, 5.74) is 6.50. The average molecular weight is 343 g/mol. The number of nitrogens with zero attached hydrogens (tertiary/aromatic N) is 2. The summed E-state index contributed by atoms with van der Waals surface area (Å²) in [4.78, 5) is 27.9. The number of nitrogens with two attached hydrogens (primary N) is 1. The summed E-state index contributed by atoms with van der Waals surface area (Å²) in [6, 6.07) is 9.62. The van der Waals surface area contributed by atoms with Crippen LogP contribution in [0.15, 0.2) is 36.4 Å². The molecule has 25 heavy (non-hydrogen) atoms. The third kappa shape index (κ3) is 5.93. The minimum absolute atomic E-state index is 0.123. The molecule has 0 saturated carbocycles. The maximum atomic E-state index is 13.0. The molecule has 1 heterocycles. The van der Waals surface area contributed by atoms with Crippen molar-refractivity contribution in [2.24, 2.45) is 17.6 Å². The van der Waals surface area contributed by atoms with Gasteiger partial charge in [-0.1, -0.05) is 56.3 Å². The molecule has 0 spiro atoms. The zero-order chi connectivity index (χ0) is 18.2. The standard InChI is InChI=1S/C20H29N3O2/c1-16(2)14-22(12-6-10-17-8-4-3-5-9-17)19(24)18-11-7-13-23(15-18)20(21)25/h3-6,8-10,16,18H,7,11-15H2,1-2H3,(H2,21,25)/b10-6+. The Hall–Kier alpha value is -2.30. The molecule has 136 valence electrons. The predicted molar refractivity (Wildman–Crippen MR) is 101 cm³/mol. The van der Waals surface area contributed by atoms with Crippen LogP contribution in [0.3, 0.4) is 0 Å². The Morgan fingerprint density at radius 3 is 2.68 bits per heavy atom. The van der Waals surface area contributed by atoms with Gasteiger partial charge in [0.15, 0.2) is 0 Å². The molecule has 2 rings (SSSR count). The summed E-state index contributed by atoms with van der Waals surface area (Å²) >= 11 is 0. The summed E-state index contributed by atoms with van der Waals surface area (Å²) in [6.07, 6.45) is 5.72. The van der Waals surface area contributed by atoms with Gasteiger partial charge in [0.25, 0.3) is 0 Å². The number of hydrogen-bond acceptors (Lipinski definition) is 2. The Morgan fingerprint density at radius 2 is 2.04 bits per heavy atom. The number of carbonyl (C=O) groups is 2. The number of amides is 3. The molecule has 1 aliphatic heterocycles. The van der Waals surface area contributed by atoms with E-state index in [0.717, 1.165) is 18.4 Å². The fourth-order valence-corrected chi connectivity index (χ4v) is 3.21. The molecule has 5 nitrogen and oxygen atoms in total. The summed E-state index contributed by atoms with van der Waals surface area (Å²) in [6.45, 7) is 6.60. The van der Waals surface area contributed by atoms with Crippen molar-refractivity contribution < 1.29 is 9.59 Å². The summed E-state index contributed by atoms with van der Waals surface area (Å²) in [7, 11) is 0. The molecule has 1 saturated heterocycles. The Labute approximate surface area is 150 Å². The van der Waals surface area contributed by atoms with Crippen LogP contribution in [-0.2, 0) is 4.79 Å². The van der Waals surface area contributed by atoms with Crippen molar-refractivity contribution >= 4 is 18.0 Å². The van der Waals surface area contributed by atoms with Crippen molar-refractivity contribution in [2.45, 2.75) is 26.7 Å². The van der Waals surface area contributed by atoms with Crippen molar-refractivity contribution in [1.82, 2.24) is 9.80 Å². The van der Waals surface area contributed by atoms with E-state index in [2.05, 4.69) is 13.8 Å². The van der Waals surface area contributed by atoms with Gasteiger partial charge in [-0.2, -0.15) is 0 Å². The monoisotopic (exact) mass is 343 g/mol. The van der Waals surface area contributed by atoms with Gasteiger partial charge in [-0.15, -0.1) is 0 Å². The van der Waals surface area contributed by atoms with Crippen LogP contribution in [-0.4, -0.2) is 47.9 Å². The zero-order valence-corrected chi connectivity index (χ0v) is 15.2. The number of rotatable bonds is 6. The topological polar surface area (TPSA) is 66.6 Å². The number of carbonyl (C=O) groups excluding carboxylic acids is 2. The van der Waals surface area contributed by atoms with E-state index in [1.807, 2.05) is 47.4 Å². The van der Waals surface area contributed by atoms with Gasteiger partial charge in [-0.3, -0.25) is 4.79 Å². The molecule has 5 heteroatoms. The third-order valence-corrected chi connectivity index (χ3v) is 4.42. The normalized spacial score (nSPS) is 17.9. The number of hydrogen-bond donors (Lipinski definition) is 1. The minimum Gasteiger partial charge on any atom is -0.351 e. The Bertz CT molecular complexity index is 598. The molecule has 0 radical (unpaired) electrons. The first-order valence-corrected chi connectivity index (χ1v) is 9.02. The van der Waals surface area contributed by atoms with Crippen LogP contribution >= 0.6 is 0 Å². The fraction of sp³-hybridized carbons (Fsp3) is 0.500. The highest BCUT2D eigenvalue weighted by atomic mass is 16.2. The van der Waals surface area contributed by atoms with E-state index in [-0.39, 0.29) is 11.8 Å². The van der Waals surface area contributed by atoms with Crippen molar-refractivity contribution in [3.63, 3.8) is 0 Å². The second-order valence-corrected chi connectivity index (χ2v) is 7.07. The molecule has 3 amide bonds. The van der Waals surface area contributed by atoms with Gasteiger partial charge in [0, 0.05) is 26.2 Å². The van der Waals surface area contributed by atoms with Crippen molar-refractivity contribution in [2.75, 3.05) is 26.2 Å². The summed E-state index contributed by atoms with van der Waals surface area (Å²) < 4.78 is 0. The predicted octanol–water partition coefficient (Wildman–Crippen LogP) is 2.98. The van der Waals surface area contributed by atoms with Gasteiger partial charge in [-0.25, -0.2) is 4.79 Å². The number of likely N-dealkylation sites (tertiary alicyclic amines) is 1. The lowest BCUT2D eigenvalue weighted by molar-refractivity contribution is -0.136. The first kappa shape index (κ1) is 19.0. The van der Waals surface area contributed by atoms with Crippen LogP contribution in [0, 0.1) is 11.8 Å². The van der Waals surface area contributed by atoms with Gasteiger partial charge in [-0.05, 0) is 24.3 Å². The molecule has 1 atom stereocenters. The highest BCUT2D eigenvalue weighted by molar-refractivity contribution is 5.81. The largest absolute Gasteiger partial charge is 0.351 e. The molecule has 2 N–H and O–H groups in total. The van der Waals surface area contributed by atoms with Gasteiger partial charge >= 0.3 is 6.03 Å². The van der Waals surface area contributed by atoms with Crippen molar-refractivity contribution in [1.29, 1.82) is 0 Å². The van der Waals surface area contributed by atoms with Crippen LogP contribution < -0.4 is 5.73 Å². The number of benzene rings is 1. The lowest BCUT2D eigenvalue weighted by atomic mass is 9.96. The Morgan fingerprint density at radius 1 is 1.32 bits per heavy atom. The molecule has 1 aromatic rings. The molecule has 0 bridgehead atoms. The van der Waals surface area contributed by atoms with Gasteiger partial charge in [0.2, 0.25) is 5.91 Å². The second-order valence-electron chi connectivity index (χ2n) is 7.07. The maximum Gasteiger partial charge on any atom is 0.314 e. The lowest BCUT2D eigenvalue weighted by Gasteiger charge is -2.34. The van der Waals surface area contributed by atoms with E-state index in [9.17, 15) is 9.59 Å². The quantitative estimate of drug-likeness (QED) is 0.863. The summed E-state index contributed by atoms with van der Waals surface area (Å²) in [5.74, 6) is 0.368. The average Bonchev–Trinajstić information content (AvgIpc) is 2.61. The Balaban J connectivity index is 2.01. The van der Waals surface area contributed by atoms with E-state index in [4.69, 9.17) is 5.73 Å². The molecule has 0 aromatic heterocycles.